The maximum Gasteiger partial charge on any atom is 0.469 e. The molecule has 1 fully saturated rings. The Hall–Kier alpha value is 0.0300. The summed E-state index contributed by atoms with van der Waals surface area (Å²) in [5.74, 6) is -1.16. The smallest absolute Gasteiger partial charge is 0.351 e. The van der Waals surface area contributed by atoms with E-state index in [1.807, 2.05) is 27.7 Å². The van der Waals surface area contributed by atoms with Gasteiger partial charge in [-0.3, -0.25) is 4.52 Å². The van der Waals surface area contributed by atoms with Crippen LogP contribution >= 0.6 is 7.82 Å². The van der Waals surface area contributed by atoms with Crippen LogP contribution in [0.5, 0.6) is 0 Å². The van der Waals surface area contributed by atoms with E-state index >= 15 is 0 Å². The second-order valence-electron chi connectivity index (χ2n) is 5.08. The summed E-state index contributed by atoms with van der Waals surface area (Å²) in [5, 5.41) is 0. The Kier molecular flexibility index (Phi) is 4.09. The summed E-state index contributed by atoms with van der Waals surface area (Å²) >= 11 is 0. The van der Waals surface area contributed by atoms with Crippen molar-refractivity contribution in [3.8, 4) is 0 Å². The normalized spacial score (nSPS) is 37.4. The van der Waals surface area contributed by atoms with Crippen molar-refractivity contribution in [3.63, 3.8) is 0 Å². The second-order valence-corrected chi connectivity index (χ2v) is 6.32. The number of methoxy groups -OCH3 is 1. The number of rotatable bonds is 4. The number of hydrogen-bond donors (Lipinski definition) is 2. The molecule has 0 aromatic carbocycles. The number of phosphoric acid groups is 1. The van der Waals surface area contributed by atoms with Crippen molar-refractivity contribution in [1.29, 1.82) is 0 Å². The molecular formula is C10H21O6P. The van der Waals surface area contributed by atoms with Crippen LogP contribution in [0.1, 0.15) is 27.7 Å². The van der Waals surface area contributed by atoms with Crippen molar-refractivity contribution < 1.29 is 28.3 Å². The molecule has 6 nitrogen and oxygen atoms in total. The molecule has 1 aliphatic heterocycles. The lowest BCUT2D eigenvalue weighted by Crippen LogP contribution is -2.43. The van der Waals surface area contributed by atoms with Crippen LogP contribution in [0.3, 0.4) is 0 Å². The standard InChI is InChI=1S/C10H21O6P/c1-7-9(3,4)8(2)16-10(7,14-5)6-15-17(11,12)13/h7-8H,6H2,1-5H3,(H2,11,12,13)/t7-,8-,10+/m0/s1. The molecular weight excluding hydrogens is 247 g/mol. The topological polar surface area (TPSA) is 85.2 Å². The Balaban J connectivity index is 2.88. The van der Waals surface area contributed by atoms with Gasteiger partial charge in [0, 0.05) is 13.0 Å². The number of ether oxygens (including phenoxy) is 2. The van der Waals surface area contributed by atoms with E-state index in [-0.39, 0.29) is 24.0 Å². The third-order valence-electron chi connectivity index (χ3n) is 3.98. The summed E-state index contributed by atoms with van der Waals surface area (Å²) in [6.45, 7) is 7.61. The minimum Gasteiger partial charge on any atom is -0.351 e. The summed E-state index contributed by atoms with van der Waals surface area (Å²) in [6.07, 6.45) is -0.0854. The van der Waals surface area contributed by atoms with Crippen molar-refractivity contribution in [3.05, 3.63) is 0 Å². The van der Waals surface area contributed by atoms with Crippen LogP contribution in [0.4, 0.5) is 0 Å². The predicted octanol–water partition coefficient (Wildman–Crippen LogP) is 1.52. The Bertz CT molecular complexity index is 325. The maximum atomic E-state index is 10.8. The Morgan fingerprint density at radius 1 is 1.35 bits per heavy atom. The highest BCUT2D eigenvalue weighted by molar-refractivity contribution is 7.46. The fourth-order valence-electron chi connectivity index (χ4n) is 2.09. The summed E-state index contributed by atoms with van der Waals surface area (Å²) in [5.41, 5.74) is -0.158. The van der Waals surface area contributed by atoms with E-state index in [4.69, 9.17) is 19.3 Å². The number of hydrogen-bond acceptors (Lipinski definition) is 4. The average molecular weight is 268 g/mol. The number of phosphoric ester groups is 1. The molecule has 0 spiro atoms. The van der Waals surface area contributed by atoms with Crippen molar-refractivity contribution in [2.24, 2.45) is 11.3 Å². The van der Waals surface area contributed by atoms with Gasteiger partial charge in [-0.25, -0.2) is 4.57 Å². The third kappa shape index (κ3) is 2.89. The molecule has 0 unspecified atom stereocenters. The minimum absolute atomic E-state index is 0.0541. The zero-order valence-corrected chi connectivity index (χ0v) is 11.7. The molecule has 1 rings (SSSR count). The van der Waals surface area contributed by atoms with Gasteiger partial charge in [0.1, 0.15) is 6.61 Å². The quantitative estimate of drug-likeness (QED) is 0.752. The van der Waals surface area contributed by atoms with E-state index < -0.39 is 13.6 Å². The van der Waals surface area contributed by atoms with Gasteiger partial charge in [0.15, 0.2) is 5.79 Å². The van der Waals surface area contributed by atoms with E-state index in [1.165, 1.54) is 7.11 Å². The Morgan fingerprint density at radius 2 is 1.88 bits per heavy atom. The van der Waals surface area contributed by atoms with Gasteiger partial charge in [0.25, 0.3) is 0 Å². The Labute approximate surface area is 101 Å². The van der Waals surface area contributed by atoms with Crippen LogP contribution in [0.2, 0.25) is 0 Å². The summed E-state index contributed by atoms with van der Waals surface area (Å²) < 4.78 is 26.3. The van der Waals surface area contributed by atoms with Gasteiger partial charge in [-0.15, -0.1) is 0 Å². The molecule has 1 heterocycles. The van der Waals surface area contributed by atoms with E-state index in [0.29, 0.717) is 0 Å². The molecule has 1 saturated heterocycles. The van der Waals surface area contributed by atoms with Crippen molar-refractivity contribution >= 4 is 7.82 Å². The maximum absolute atomic E-state index is 10.8. The van der Waals surface area contributed by atoms with Crippen LogP contribution in [0.25, 0.3) is 0 Å². The molecule has 3 atom stereocenters. The van der Waals surface area contributed by atoms with E-state index in [0.717, 1.165) is 0 Å². The minimum atomic E-state index is -4.52. The molecule has 1 aliphatic rings. The van der Waals surface area contributed by atoms with Crippen molar-refractivity contribution in [2.45, 2.75) is 39.6 Å². The fraction of sp³-hybridized carbons (Fsp3) is 1.00. The van der Waals surface area contributed by atoms with Gasteiger partial charge in [-0.1, -0.05) is 20.8 Å². The van der Waals surface area contributed by atoms with Crippen LogP contribution < -0.4 is 0 Å². The summed E-state index contributed by atoms with van der Waals surface area (Å²) in [6, 6.07) is 0. The van der Waals surface area contributed by atoms with Gasteiger partial charge < -0.3 is 19.3 Å². The first-order chi connectivity index (χ1) is 7.55. The molecule has 0 aromatic heterocycles. The molecule has 0 radical (unpaired) electrons. The van der Waals surface area contributed by atoms with Crippen molar-refractivity contribution in [2.75, 3.05) is 13.7 Å². The van der Waals surface area contributed by atoms with Gasteiger partial charge in [0.2, 0.25) is 0 Å². The lowest BCUT2D eigenvalue weighted by atomic mass is 9.75. The van der Waals surface area contributed by atoms with Gasteiger partial charge >= 0.3 is 7.82 Å². The second kappa shape index (κ2) is 4.61. The lowest BCUT2D eigenvalue weighted by molar-refractivity contribution is -0.242. The highest BCUT2D eigenvalue weighted by Gasteiger charge is 2.56. The fourth-order valence-corrected chi connectivity index (χ4v) is 2.44. The van der Waals surface area contributed by atoms with Gasteiger partial charge in [0.05, 0.1) is 6.10 Å². The van der Waals surface area contributed by atoms with Crippen LogP contribution in [0, 0.1) is 11.3 Å². The zero-order chi connectivity index (χ0) is 13.5. The first kappa shape index (κ1) is 15.1. The van der Waals surface area contributed by atoms with Crippen LogP contribution in [-0.2, 0) is 18.6 Å². The Morgan fingerprint density at radius 3 is 2.18 bits per heavy atom. The molecule has 0 amide bonds. The highest BCUT2D eigenvalue weighted by atomic mass is 31.2. The third-order valence-corrected chi connectivity index (χ3v) is 4.44. The molecule has 17 heavy (non-hydrogen) atoms. The summed E-state index contributed by atoms with van der Waals surface area (Å²) in [7, 11) is -3.07. The van der Waals surface area contributed by atoms with E-state index in [1.54, 1.807) is 0 Å². The molecule has 0 aromatic rings. The van der Waals surface area contributed by atoms with E-state index in [9.17, 15) is 4.57 Å². The van der Waals surface area contributed by atoms with E-state index in [2.05, 4.69) is 4.52 Å². The first-order valence-corrected chi connectivity index (χ1v) is 7.01. The van der Waals surface area contributed by atoms with Gasteiger partial charge in [-0.2, -0.15) is 0 Å². The molecule has 0 aliphatic carbocycles. The van der Waals surface area contributed by atoms with Crippen LogP contribution in [0.15, 0.2) is 0 Å². The highest BCUT2D eigenvalue weighted by Crippen LogP contribution is 2.51. The predicted molar refractivity (Wildman–Crippen MR) is 61.2 cm³/mol. The SMILES string of the molecule is CO[C@]1(COP(=O)(O)O)O[C@@H](C)C(C)(C)[C@@H]1C. The average Bonchev–Trinajstić information content (AvgIpc) is 2.37. The molecule has 0 bridgehead atoms. The van der Waals surface area contributed by atoms with Crippen LogP contribution in [-0.4, -0.2) is 35.4 Å². The molecule has 0 saturated carbocycles. The molecule has 102 valence electrons. The lowest BCUT2D eigenvalue weighted by Gasteiger charge is -2.34. The summed E-state index contributed by atoms with van der Waals surface area (Å²) in [4.78, 5) is 17.5. The van der Waals surface area contributed by atoms with Gasteiger partial charge in [-0.05, 0) is 12.3 Å². The zero-order valence-electron chi connectivity index (χ0n) is 10.8. The largest absolute Gasteiger partial charge is 0.469 e. The molecule has 2 N–H and O–H groups in total. The first-order valence-electron chi connectivity index (χ1n) is 5.48. The van der Waals surface area contributed by atoms with Crippen molar-refractivity contribution in [1.82, 2.24) is 0 Å². The molecule has 7 heteroatoms. The monoisotopic (exact) mass is 268 g/mol.